The van der Waals surface area contributed by atoms with Gasteiger partial charge in [0.25, 0.3) is 10.0 Å². The van der Waals surface area contributed by atoms with E-state index in [1.54, 1.807) is 37.5 Å². The summed E-state index contributed by atoms with van der Waals surface area (Å²) in [5.74, 6) is 0.751. The summed E-state index contributed by atoms with van der Waals surface area (Å²) in [7, 11) is -3.76. The fourth-order valence-electron chi connectivity index (χ4n) is 1.98. The summed E-state index contributed by atoms with van der Waals surface area (Å²) in [5, 5.41) is 3.66. The highest BCUT2D eigenvalue weighted by Crippen LogP contribution is 2.28. The van der Waals surface area contributed by atoms with Crippen molar-refractivity contribution < 1.29 is 17.4 Å². The zero-order valence-corrected chi connectivity index (χ0v) is 13.4. The van der Waals surface area contributed by atoms with Crippen LogP contribution in [0.4, 0.5) is 0 Å². The van der Waals surface area contributed by atoms with Gasteiger partial charge in [0.2, 0.25) is 10.9 Å². The van der Waals surface area contributed by atoms with E-state index in [1.807, 2.05) is 6.92 Å². The Morgan fingerprint density at radius 3 is 2.70 bits per heavy atom. The molecule has 0 atom stereocenters. The summed E-state index contributed by atoms with van der Waals surface area (Å²) in [6.45, 7) is 3.77. The van der Waals surface area contributed by atoms with Gasteiger partial charge in [-0.25, -0.2) is 13.1 Å². The molecule has 0 unspecified atom stereocenters. The minimum atomic E-state index is -3.76. The van der Waals surface area contributed by atoms with Gasteiger partial charge in [-0.2, -0.15) is 0 Å². The van der Waals surface area contributed by atoms with E-state index in [0.717, 1.165) is 16.8 Å². The van der Waals surface area contributed by atoms with Crippen molar-refractivity contribution in [3.05, 3.63) is 53.5 Å². The summed E-state index contributed by atoms with van der Waals surface area (Å²) >= 11 is 0. The predicted molar refractivity (Wildman–Crippen MR) is 81.9 cm³/mol. The molecule has 3 heterocycles. The van der Waals surface area contributed by atoms with E-state index in [2.05, 4.69) is 14.9 Å². The second-order valence-electron chi connectivity index (χ2n) is 5.03. The second kappa shape index (κ2) is 5.98. The van der Waals surface area contributed by atoms with E-state index in [-0.39, 0.29) is 11.6 Å². The Hall–Kier alpha value is -2.45. The van der Waals surface area contributed by atoms with Gasteiger partial charge in [0.1, 0.15) is 0 Å². The smallest absolute Gasteiger partial charge is 0.274 e. The van der Waals surface area contributed by atoms with Crippen molar-refractivity contribution >= 4 is 10.0 Å². The molecular weight excluding hydrogens is 318 g/mol. The Morgan fingerprint density at radius 1 is 1.22 bits per heavy atom. The van der Waals surface area contributed by atoms with Crippen molar-refractivity contribution in [1.82, 2.24) is 14.9 Å². The Labute approximate surface area is 133 Å². The van der Waals surface area contributed by atoms with E-state index in [0.29, 0.717) is 11.5 Å². The van der Waals surface area contributed by atoms with Crippen molar-refractivity contribution in [2.24, 2.45) is 0 Å². The van der Waals surface area contributed by atoms with Crippen LogP contribution < -0.4 is 4.72 Å². The number of nitrogens with one attached hydrogen (secondary N) is 1. The van der Waals surface area contributed by atoms with Gasteiger partial charge < -0.3 is 8.94 Å². The van der Waals surface area contributed by atoms with Gasteiger partial charge in [-0.1, -0.05) is 11.2 Å². The van der Waals surface area contributed by atoms with Crippen LogP contribution in [0.2, 0.25) is 0 Å². The molecule has 7 nitrogen and oxygen atoms in total. The SMILES string of the molecule is Cc1noc(-c2ccc(S(=O)(=O)NCc3cccnc3)o2)c1C. The van der Waals surface area contributed by atoms with Gasteiger partial charge >= 0.3 is 0 Å². The minimum Gasteiger partial charge on any atom is -0.440 e. The molecule has 0 amide bonds. The highest BCUT2D eigenvalue weighted by molar-refractivity contribution is 7.89. The summed E-state index contributed by atoms with van der Waals surface area (Å²) < 4.78 is 37.6. The van der Waals surface area contributed by atoms with E-state index >= 15 is 0 Å². The molecule has 0 aliphatic carbocycles. The maximum Gasteiger partial charge on any atom is 0.274 e. The number of aryl methyl sites for hydroxylation is 1. The van der Waals surface area contributed by atoms with Gasteiger partial charge in [0.15, 0.2) is 5.76 Å². The number of furan rings is 1. The topological polar surface area (TPSA) is 98.2 Å². The monoisotopic (exact) mass is 333 g/mol. The lowest BCUT2D eigenvalue weighted by molar-refractivity contribution is 0.397. The molecule has 3 aromatic heterocycles. The first-order chi connectivity index (χ1) is 11.0. The lowest BCUT2D eigenvalue weighted by Gasteiger charge is -2.03. The third-order valence-corrected chi connectivity index (χ3v) is 4.69. The Morgan fingerprint density at radius 2 is 2.04 bits per heavy atom. The van der Waals surface area contributed by atoms with Crippen molar-refractivity contribution in [3.63, 3.8) is 0 Å². The normalized spacial score (nSPS) is 11.7. The zero-order valence-electron chi connectivity index (χ0n) is 12.6. The van der Waals surface area contributed by atoms with E-state index in [4.69, 9.17) is 8.94 Å². The second-order valence-corrected chi connectivity index (χ2v) is 6.72. The molecule has 0 bridgehead atoms. The third-order valence-electron chi connectivity index (χ3n) is 3.42. The quantitative estimate of drug-likeness (QED) is 0.770. The lowest BCUT2D eigenvalue weighted by Crippen LogP contribution is -2.22. The standard InChI is InChI=1S/C15H15N3O4S/c1-10-11(2)18-22-15(10)13-5-6-14(21-13)23(19,20)17-9-12-4-3-7-16-8-12/h3-8,17H,9H2,1-2H3. The van der Waals surface area contributed by atoms with Gasteiger partial charge in [0.05, 0.1) is 5.69 Å². The molecular formula is C15H15N3O4S. The summed E-state index contributed by atoms with van der Waals surface area (Å²) in [6, 6.07) is 6.46. The number of rotatable bonds is 5. The highest BCUT2D eigenvalue weighted by atomic mass is 32.2. The van der Waals surface area contributed by atoms with E-state index in [1.165, 1.54) is 6.07 Å². The first kappa shape index (κ1) is 15.4. The maximum atomic E-state index is 12.3. The van der Waals surface area contributed by atoms with E-state index < -0.39 is 10.0 Å². The molecule has 120 valence electrons. The molecule has 3 aromatic rings. The largest absolute Gasteiger partial charge is 0.440 e. The molecule has 0 spiro atoms. The number of pyridine rings is 1. The molecule has 0 radical (unpaired) electrons. The molecule has 3 rings (SSSR count). The third kappa shape index (κ3) is 3.17. The van der Waals surface area contributed by atoms with Gasteiger partial charge in [-0.05, 0) is 37.6 Å². The van der Waals surface area contributed by atoms with Crippen molar-refractivity contribution in [1.29, 1.82) is 0 Å². The minimum absolute atomic E-state index is 0.132. The maximum absolute atomic E-state index is 12.3. The van der Waals surface area contributed by atoms with E-state index in [9.17, 15) is 8.42 Å². The molecule has 0 aromatic carbocycles. The van der Waals surface area contributed by atoms with Gasteiger partial charge in [-0.3, -0.25) is 4.98 Å². The van der Waals surface area contributed by atoms with Crippen LogP contribution in [0.25, 0.3) is 11.5 Å². The summed E-state index contributed by atoms with van der Waals surface area (Å²) in [6.07, 6.45) is 3.22. The van der Waals surface area contributed by atoms with Crippen molar-refractivity contribution in [3.8, 4) is 11.5 Å². The molecule has 0 aliphatic heterocycles. The van der Waals surface area contributed by atoms with Crippen LogP contribution in [0.1, 0.15) is 16.8 Å². The average Bonchev–Trinajstić information content (AvgIpc) is 3.15. The molecule has 1 N–H and O–H groups in total. The van der Waals surface area contributed by atoms with Crippen LogP contribution >= 0.6 is 0 Å². The van der Waals surface area contributed by atoms with Crippen LogP contribution in [0, 0.1) is 13.8 Å². The predicted octanol–water partition coefficient (Wildman–Crippen LogP) is 2.42. The fourth-order valence-corrected chi connectivity index (χ4v) is 2.93. The van der Waals surface area contributed by atoms with Crippen LogP contribution in [0.5, 0.6) is 0 Å². The molecule has 0 aliphatic rings. The Balaban J connectivity index is 1.80. The summed E-state index contributed by atoms with van der Waals surface area (Å²) in [4.78, 5) is 3.94. The molecule has 8 heteroatoms. The molecule has 0 saturated carbocycles. The van der Waals surface area contributed by atoms with Gasteiger partial charge in [0, 0.05) is 24.5 Å². The number of aromatic nitrogens is 2. The van der Waals surface area contributed by atoms with Crippen LogP contribution in [-0.2, 0) is 16.6 Å². The molecule has 0 saturated heterocycles. The Kier molecular flexibility index (Phi) is 4.01. The van der Waals surface area contributed by atoms with Crippen molar-refractivity contribution in [2.75, 3.05) is 0 Å². The van der Waals surface area contributed by atoms with Crippen LogP contribution in [0.15, 0.2) is 50.7 Å². The first-order valence-corrected chi connectivity index (χ1v) is 8.37. The Bertz CT molecular complexity index is 913. The van der Waals surface area contributed by atoms with Crippen LogP contribution in [-0.4, -0.2) is 18.6 Å². The molecule has 23 heavy (non-hydrogen) atoms. The summed E-state index contributed by atoms with van der Waals surface area (Å²) in [5.41, 5.74) is 2.30. The number of hydrogen-bond acceptors (Lipinski definition) is 6. The number of sulfonamides is 1. The lowest BCUT2D eigenvalue weighted by atomic mass is 10.2. The van der Waals surface area contributed by atoms with Crippen molar-refractivity contribution in [2.45, 2.75) is 25.5 Å². The van der Waals surface area contributed by atoms with Crippen LogP contribution in [0.3, 0.4) is 0 Å². The fraction of sp³-hybridized carbons (Fsp3) is 0.200. The number of nitrogens with zero attached hydrogens (tertiary/aromatic N) is 2. The molecule has 0 fully saturated rings. The number of hydrogen-bond donors (Lipinski definition) is 1. The van der Waals surface area contributed by atoms with Gasteiger partial charge in [-0.15, -0.1) is 0 Å². The average molecular weight is 333 g/mol. The highest BCUT2D eigenvalue weighted by Gasteiger charge is 2.21. The first-order valence-electron chi connectivity index (χ1n) is 6.89. The zero-order chi connectivity index (χ0) is 16.4.